The van der Waals surface area contributed by atoms with Crippen LogP contribution in [0.2, 0.25) is 10.2 Å². The molecule has 0 aliphatic carbocycles. The number of carbonyl (C=O) groups is 1. The number of aryl methyl sites for hydroxylation is 1. The minimum Gasteiger partial charge on any atom is -0.382 e. The van der Waals surface area contributed by atoms with Crippen LogP contribution in [0, 0.1) is 18.3 Å². The molecular formula is C20H22Cl2N4O2. The highest BCUT2D eigenvalue weighted by atomic mass is 35.5. The zero-order chi connectivity index (χ0) is 20.5. The molecule has 0 aliphatic rings. The van der Waals surface area contributed by atoms with Crippen LogP contribution in [0.15, 0.2) is 29.8 Å². The van der Waals surface area contributed by atoms with Crippen molar-refractivity contribution in [3.05, 3.63) is 56.8 Å². The van der Waals surface area contributed by atoms with E-state index in [-0.39, 0.29) is 5.57 Å². The number of rotatable bonds is 9. The summed E-state index contributed by atoms with van der Waals surface area (Å²) in [6.45, 7) is 5.69. The maximum atomic E-state index is 12.2. The maximum Gasteiger partial charge on any atom is 0.261 e. The van der Waals surface area contributed by atoms with Crippen molar-refractivity contribution in [2.24, 2.45) is 0 Å². The number of hydrogen-bond acceptors (Lipinski definition) is 4. The number of hydrogen-bond donors (Lipinski definition) is 1. The molecule has 148 valence electrons. The lowest BCUT2D eigenvalue weighted by Gasteiger charge is -2.06. The molecule has 2 aromatic rings. The number of nitriles is 1. The monoisotopic (exact) mass is 420 g/mol. The third kappa shape index (κ3) is 5.83. The molecule has 0 saturated carbocycles. The molecule has 0 unspecified atom stereocenters. The molecule has 28 heavy (non-hydrogen) atoms. The summed E-state index contributed by atoms with van der Waals surface area (Å²) in [6.07, 6.45) is 2.14. The summed E-state index contributed by atoms with van der Waals surface area (Å²) >= 11 is 12.7. The van der Waals surface area contributed by atoms with Gasteiger partial charge in [-0.3, -0.25) is 4.79 Å². The van der Waals surface area contributed by atoms with Gasteiger partial charge >= 0.3 is 0 Å². The van der Waals surface area contributed by atoms with Crippen molar-refractivity contribution >= 4 is 35.2 Å². The topological polar surface area (TPSA) is 79.9 Å². The molecular weight excluding hydrogens is 399 g/mol. The van der Waals surface area contributed by atoms with Crippen LogP contribution in [-0.2, 0) is 16.1 Å². The molecule has 0 fully saturated rings. The van der Waals surface area contributed by atoms with Gasteiger partial charge in [-0.25, -0.2) is 4.68 Å². The van der Waals surface area contributed by atoms with Gasteiger partial charge in [-0.1, -0.05) is 41.4 Å². The second kappa shape index (κ2) is 10.9. The Bertz CT molecular complexity index is 900. The van der Waals surface area contributed by atoms with Crippen LogP contribution >= 0.6 is 23.2 Å². The van der Waals surface area contributed by atoms with Crippen molar-refractivity contribution in [2.45, 2.75) is 26.8 Å². The Labute approximate surface area is 174 Å². The van der Waals surface area contributed by atoms with Crippen molar-refractivity contribution in [2.75, 3.05) is 19.8 Å². The van der Waals surface area contributed by atoms with E-state index in [1.165, 1.54) is 6.08 Å². The van der Waals surface area contributed by atoms with Gasteiger partial charge in [0, 0.05) is 30.3 Å². The standard InChI is InChI=1S/C20H22Cl2N4O2/c1-3-28-10-6-9-24-20(27)16(12-23)11-17-14(2)25-26(19(17)22)13-15-7-4-5-8-18(15)21/h4-5,7-8,11H,3,6,9-10,13H2,1-2H3,(H,24,27)/b16-11+. The van der Waals surface area contributed by atoms with E-state index in [2.05, 4.69) is 10.4 Å². The summed E-state index contributed by atoms with van der Waals surface area (Å²) in [4.78, 5) is 12.2. The Kier molecular flexibility index (Phi) is 8.52. The number of nitrogens with one attached hydrogen (secondary N) is 1. The molecule has 1 aromatic heterocycles. The first-order valence-electron chi connectivity index (χ1n) is 8.92. The van der Waals surface area contributed by atoms with Crippen molar-refractivity contribution in [3.63, 3.8) is 0 Å². The normalized spacial score (nSPS) is 11.3. The second-order valence-electron chi connectivity index (χ2n) is 6.02. The molecule has 0 spiro atoms. The first kappa shape index (κ1) is 22.0. The Morgan fingerprint density at radius 1 is 1.39 bits per heavy atom. The predicted molar refractivity (Wildman–Crippen MR) is 110 cm³/mol. The molecule has 1 N–H and O–H groups in total. The average molecular weight is 421 g/mol. The summed E-state index contributed by atoms with van der Waals surface area (Å²) in [5.41, 5.74) is 2.00. The molecule has 0 bridgehead atoms. The summed E-state index contributed by atoms with van der Waals surface area (Å²) in [5, 5.41) is 17.4. The lowest BCUT2D eigenvalue weighted by molar-refractivity contribution is -0.117. The number of carbonyl (C=O) groups excluding carboxylic acids is 1. The molecule has 0 atom stereocenters. The smallest absolute Gasteiger partial charge is 0.261 e. The van der Waals surface area contributed by atoms with E-state index in [4.69, 9.17) is 27.9 Å². The Balaban J connectivity index is 2.15. The van der Waals surface area contributed by atoms with Gasteiger partial charge in [-0.2, -0.15) is 10.4 Å². The maximum absolute atomic E-state index is 12.2. The SMILES string of the molecule is CCOCCCNC(=O)/C(C#N)=C/c1c(C)nn(Cc2ccccc2Cl)c1Cl. The Morgan fingerprint density at radius 3 is 2.82 bits per heavy atom. The average Bonchev–Trinajstić information content (AvgIpc) is 2.94. The van der Waals surface area contributed by atoms with Crippen LogP contribution in [0.4, 0.5) is 0 Å². The van der Waals surface area contributed by atoms with E-state index in [0.29, 0.717) is 54.2 Å². The number of benzene rings is 1. The number of aromatic nitrogens is 2. The zero-order valence-electron chi connectivity index (χ0n) is 15.8. The van der Waals surface area contributed by atoms with Crippen LogP contribution in [-0.4, -0.2) is 35.4 Å². The molecule has 8 heteroatoms. The van der Waals surface area contributed by atoms with Crippen LogP contribution in [0.5, 0.6) is 0 Å². The summed E-state index contributed by atoms with van der Waals surface area (Å²) in [5.74, 6) is -0.451. The molecule has 1 aromatic carbocycles. The van der Waals surface area contributed by atoms with Crippen molar-refractivity contribution in [1.82, 2.24) is 15.1 Å². The molecule has 0 aliphatic heterocycles. The predicted octanol–water partition coefficient (Wildman–Crippen LogP) is 4.00. The first-order chi connectivity index (χ1) is 13.5. The fourth-order valence-electron chi connectivity index (χ4n) is 2.53. The first-order valence-corrected chi connectivity index (χ1v) is 9.67. The Hall–Kier alpha value is -2.33. The van der Waals surface area contributed by atoms with Crippen molar-refractivity contribution < 1.29 is 9.53 Å². The second-order valence-corrected chi connectivity index (χ2v) is 6.78. The summed E-state index contributed by atoms with van der Waals surface area (Å²) in [7, 11) is 0. The van der Waals surface area contributed by atoms with Gasteiger partial charge in [0.1, 0.15) is 16.8 Å². The van der Waals surface area contributed by atoms with Gasteiger partial charge in [-0.05, 0) is 38.0 Å². The molecule has 1 heterocycles. The van der Waals surface area contributed by atoms with Crippen LogP contribution in [0.3, 0.4) is 0 Å². The van der Waals surface area contributed by atoms with E-state index in [9.17, 15) is 10.1 Å². The van der Waals surface area contributed by atoms with Gasteiger partial charge in [0.2, 0.25) is 0 Å². The highest BCUT2D eigenvalue weighted by Crippen LogP contribution is 2.25. The molecule has 2 rings (SSSR count). The van der Waals surface area contributed by atoms with E-state index in [1.807, 2.05) is 31.2 Å². The fourth-order valence-corrected chi connectivity index (χ4v) is 3.02. The largest absolute Gasteiger partial charge is 0.382 e. The summed E-state index contributed by atoms with van der Waals surface area (Å²) in [6, 6.07) is 9.35. The van der Waals surface area contributed by atoms with Crippen LogP contribution < -0.4 is 5.32 Å². The van der Waals surface area contributed by atoms with Crippen molar-refractivity contribution in [1.29, 1.82) is 5.26 Å². The minimum absolute atomic E-state index is 0.0290. The van der Waals surface area contributed by atoms with Gasteiger partial charge < -0.3 is 10.1 Å². The fraction of sp³-hybridized carbons (Fsp3) is 0.350. The van der Waals surface area contributed by atoms with Crippen LogP contribution in [0.1, 0.15) is 30.2 Å². The van der Waals surface area contributed by atoms with E-state index in [1.54, 1.807) is 17.7 Å². The van der Waals surface area contributed by atoms with Gasteiger partial charge in [0.15, 0.2) is 0 Å². The summed E-state index contributed by atoms with van der Waals surface area (Å²) < 4.78 is 6.82. The quantitative estimate of drug-likeness (QED) is 0.377. The highest BCUT2D eigenvalue weighted by Gasteiger charge is 2.16. The lowest BCUT2D eigenvalue weighted by atomic mass is 10.1. The third-order valence-electron chi connectivity index (χ3n) is 4.00. The Morgan fingerprint density at radius 2 is 2.14 bits per heavy atom. The minimum atomic E-state index is -0.451. The van der Waals surface area contributed by atoms with Gasteiger partial charge in [0.05, 0.1) is 12.2 Å². The van der Waals surface area contributed by atoms with E-state index < -0.39 is 5.91 Å². The number of nitrogens with zero attached hydrogens (tertiary/aromatic N) is 3. The number of amides is 1. The number of ether oxygens (including phenoxy) is 1. The molecule has 1 amide bonds. The molecule has 0 radical (unpaired) electrons. The number of halogens is 2. The molecule has 6 nitrogen and oxygen atoms in total. The van der Waals surface area contributed by atoms with Crippen molar-refractivity contribution in [3.8, 4) is 6.07 Å². The van der Waals surface area contributed by atoms with Crippen LogP contribution in [0.25, 0.3) is 6.08 Å². The third-order valence-corrected chi connectivity index (χ3v) is 4.76. The molecule has 0 saturated heterocycles. The van der Waals surface area contributed by atoms with E-state index >= 15 is 0 Å². The van der Waals surface area contributed by atoms with E-state index in [0.717, 1.165) is 5.56 Å². The highest BCUT2D eigenvalue weighted by molar-refractivity contribution is 6.32. The van der Waals surface area contributed by atoms with Gasteiger partial charge in [-0.15, -0.1) is 0 Å². The zero-order valence-corrected chi connectivity index (χ0v) is 17.3. The van der Waals surface area contributed by atoms with Gasteiger partial charge in [0.25, 0.3) is 5.91 Å². The lowest BCUT2D eigenvalue weighted by Crippen LogP contribution is -2.26.